The van der Waals surface area contributed by atoms with Gasteiger partial charge in [0.15, 0.2) is 17.3 Å². The Labute approximate surface area is 159 Å². The standard InChI is InChI=1S/C19H14ClN5O2/c20-14-6-4-5-13(9-14)17-10-16(24-27-17)19(26)21-11-18-23-22-12-25(18)15-7-2-1-3-8-15/h1-10,12H,11H2,(H,21,26). The third kappa shape index (κ3) is 3.73. The molecule has 0 spiro atoms. The first-order chi connectivity index (χ1) is 13.2. The summed E-state index contributed by atoms with van der Waals surface area (Å²) in [6.45, 7) is 0.201. The van der Waals surface area contributed by atoms with Gasteiger partial charge in [0.2, 0.25) is 0 Å². The van der Waals surface area contributed by atoms with Crippen LogP contribution in [0.1, 0.15) is 16.3 Å². The minimum Gasteiger partial charge on any atom is -0.355 e. The summed E-state index contributed by atoms with van der Waals surface area (Å²) in [5.41, 5.74) is 1.84. The van der Waals surface area contributed by atoms with Crippen LogP contribution in [0.25, 0.3) is 17.0 Å². The van der Waals surface area contributed by atoms with Crippen LogP contribution in [0.5, 0.6) is 0 Å². The van der Waals surface area contributed by atoms with Gasteiger partial charge in [0.1, 0.15) is 6.33 Å². The van der Waals surface area contributed by atoms with Gasteiger partial charge in [-0.15, -0.1) is 10.2 Å². The van der Waals surface area contributed by atoms with Crippen molar-refractivity contribution in [1.82, 2.24) is 25.2 Å². The molecular weight excluding hydrogens is 366 g/mol. The normalized spacial score (nSPS) is 10.7. The number of nitrogens with one attached hydrogen (secondary N) is 1. The maximum atomic E-state index is 12.4. The Morgan fingerprint density at radius 2 is 1.96 bits per heavy atom. The second kappa shape index (κ2) is 7.43. The third-order valence-corrected chi connectivity index (χ3v) is 4.15. The van der Waals surface area contributed by atoms with Crippen molar-refractivity contribution in [1.29, 1.82) is 0 Å². The zero-order valence-electron chi connectivity index (χ0n) is 14.0. The van der Waals surface area contributed by atoms with E-state index in [1.807, 2.05) is 36.4 Å². The van der Waals surface area contributed by atoms with Gasteiger partial charge in [0.05, 0.1) is 6.54 Å². The van der Waals surface area contributed by atoms with E-state index in [1.54, 1.807) is 35.2 Å². The van der Waals surface area contributed by atoms with Crippen LogP contribution in [0.15, 0.2) is 71.5 Å². The second-order valence-corrected chi connectivity index (χ2v) is 6.16. The van der Waals surface area contributed by atoms with Crippen molar-refractivity contribution in [3.05, 3.63) is 83.5 Å². The Balaban J connectivity index is 1.46. The fraction of sp³-hybridized carbons (Fsp3) is 0.0526. The van der Waals surface area contributed by atoms with Gasteiger partial charge < -0.3 is 9.84 Å². The molecule has 4 aromatic rings. The van der Waals surface area contributed by atoms with Crippen LogP contribution in [0.2, 0.25) is 5.02 Å². The van der Waals surface area contributed by atoms with Crippen LogP contribution in [0, 0.1) is 0 Å². The highest BCUT2D eigenvalue weighted by atomic mass is 35.5. The summed E-state index contributed by atoms with van der Waals surface area (Å²) in [6, 6.07) is 18.3. The molecule has 2 heterocycles. The lowest BCUT2D eigenvalue weighted by atomic mass is 10.1. The number of carbonyl (C=O) groups is 1. The van der Waals surface area contributed by atoms with Crippen molar-refractivity contribution in [2.45, 2.75) is 6.54 Å². The predicted molar refractivity (Wildman–Crippen MR) is 99.5 cm³/mol. The lowest BCUT2D eigenvalue weighted by Crippen LogP contribution is -2.24. The monoisotopic (exact) mass is 379 g/mol. The lowest BCUT2D eigenvalue weighted by molar-refractivity contribution is 0.0940. The topological polar surface area (TPSA) is 85.8 Å². The fourth-order valence-corrected chi connectivity index (χ4v) is 2.78. The summed E-state index contributed by atoms with van der Waals surface area (Å²) in [7, 11) is 0. The van der Waals surface area contributed by atoms with Crippen LogP contribution < -0.4 is 5.32 Å². The molecule has 0 saturated carbocycles. The second-order valence-electron chi connectivity index (χ2n) is 5.72. The molecule has 0 aliphatic heterocycles. The maximum Gasteiger partial charge on any atom is 0.273 e. The quantitative estimate of drug-likeness (QED) is 0.573. The largest absolute Gasteiger partial charge is 0.355 e. The molecule has 1 N–H and O–H groups in total. The molecule has 8 heteroatoms. The zero-order chi connectivity index (χ0) is 18.6. The minimum atomic E-state index is -0.366. The highest BCUT2D eigenvalue weighted by molar-refractivity contribution is 6.30. The van der Waals surface area contributed by atoms with Gasteiger partial charge >= 0.3 is 0 Å². The average molecular weight is 380 g/mol. The van der Waals surface area contributed by atoms with E-state index < -0.39 is 0 Å². The lowest BCUT2D eigenvalue weighted by Gasteiger charge is -2.06. The SMILES string of the molecule is O=C(NCc1nncn1-c1ccccc1)c1cc(-c2cccc(Cl)c2)on1. The van der Waals surface area contributed by atoms with Crippen molar-refractivity contribution in [2.24, 2.45) is 0 Å². The third-order valence-electron chi connectivity index (χ3n) is 3.91. The number of hydrogen-bond acceptors (Lipinski definition) is 5. The van der Waals surface area contributed by atoms with Gasteiger partial charge in [0.25, 0.3) is 5.91 Å². The minimum absolute atomic E-state index is 0.177. The van der Waals surface area contributed by atoms with Crippen LogP contribution in [0.3, 0.4) is 0 Å². The first-order valence-corrected chi connectivity index (χ1v) is 8.54. The Morgan fingerprint density at radius 3 is 2.78 bits per heavy atom. The summed E-state index contributed by atoms with van der Waals surface area (Å²) >= 11 is 5.98. The Morgan fingerprint density at radius 1 is 1.11 bits per heavy atom. The van der Waals surface area contributed by atoms with Gasteiger partial charge in [-0.3, -0.25) is 9.36 Å². The molecular formula is C19H14ClN5O2. The van der Waals surface area contributed by atoms with Crippen LogP contribution in [-0.2, 0) is 6.54 Å². The van der Waals surface area contributed by atoms with E-state index in [1.165, 1.54) is 0 Å². The highest BCUT2D eigenvalue weighted by Gasteiger charge is 2.15. The summed E-state index contributed by atoms with van der Waals surface area (Å²) in [5.74, 6) is 0.706. The van der Waals surface area contributed by atoms with E-state index in [2.05, 4.69) is 20.7 Å². The molecule has 0 unspecified atom stereocenters. The molecule has 7 nitrogen and oxygen atoms in total. The molecule has 0 aliphatic carbocycles. The first kappa shape index (κ1) is 17.0. The van der Waals surface area contributed by atoms with Crippen LogP contribution in [0.4, 0.5) is 0 Å². The molecule has 4 rings (SSSR count). The molecule has 0 aliphatic rings. The van der Waals surface area contributed by atoms with E-state index in [0.717, 1.165) is 11.3 Å². The highest BCUT2D eigenvalue weighted by Crippen LogP contribution is 2.23. The van der Waals surface area contributed by atoms with E-state index >= 15 is 0 Å². The molecule has 0 saturated heterocycles. The number of carbonyl (C=O) groups excluding carboxylic acids is 1. The number of amides is 1. The van der Waals surface area contributed by atoms with Crippen molar-refractivity contribution in [2.75, 3.05) is 0 Å². The van der Waals surface area contributed by atoms with E-state index in [9.17, 15) is 4.79 Å². The predicted octanol–water partition coefficient (Wildman–Crippen LogP) is 3.51. The molecule has 0 atom stereocenters. The van der Waals surface area contributed by atoms with Crippen LogP contribution in [-0.4, -0.2) is 25.8 Å². The number of para-hydroxylation sites is 1. The van der Waals surface area contributed by atoms with Gasteiger partial charge in [-0.1, -0.05) is 47.1 Å². The Kier molecular flexibility index (Phi) is 4.67. The van der Waals surface area contributed by atoms with E-state index in [0.29, 0.717) is 16.6 Å². The Bertz CT molecular complexity index is 1070. The molecule has 1 amide bonds. The molecule has 0 radical (unpaired) electrons. The van der Waals surface area contributed by atoms with Gasteiger partial charge in [0, 0.05) is 22.3 Å². The maximum absolute atomic E-state index is 12.4. The van der Waals surface area contributed by atoms with Gasteiger partial charge in [-0.05, 0) is 24.3 Å². The zero-order valence-corrected chi connectivity index (χ0v) is 14.8. The van der Waals surface area contributed by atoms with E-state index in [4.69, 9.17) is 16.1 Å². The smallest absolute Gasteiger partial charge is 0.273 e. The molecule has 2 aromatic carbocycles. The van der Waals surface area contributed by atoms with Crippen molar-refractivity contribution < 1.29 is 9.32 Å². The average Bonchev–Trinajstić information content (AvgIpc) is 3.36. The van der Waals surface area contributed by atoms with Crippen molar-refractivity contribution in [3.63, 3.8) is 0 Å². The molecule has 2 aromatic heterocycles. The molecule has 0 fully saturated rings. The molecule has 0 bridgehead atoms. The van der Waals surface area contributed by atoms with Gasteiger partial charge in [-0.2, -0.15) is 0 Å². The summed E-state index contributed by atoms with van der Waals surface area (Å²) in [4.78, 5) is 12.4. The number of rotatable bonds is 5. The molecule has 27 heavy (non-hydrogen) atoms. The number of nitrogens with zero attached hydrogens (tertiary/aromatic N) is 4. The van der Waals surface area contributed by atoms with Crippen molar-refractivity contribution >= 4 is 17.5 Å². The summed E-state index contributed by atoms with van der Waals surface area (Å²) in [5, 5.41) is 15.2. The fourth-order valence-electron chi connectivity index (χ4n) is 2.59. The van der Waals surface area contributed by atoms with E-state index in [-0.39, 0.29) is 18.1 Å². The van der Waals surface area contributed by atoms with Gasteiger partial charge in [-0.25, -0.2) is 0 Å². The number of benzene rings is 2. The molecule has 134 valence electrons. The summed E-state index contributed by atoms with van der Waals surface area (Å²) < 4.78 is 7.06. The number of halogens is 1. The van der Waals surface area contributed by atoms with Crippen LogP contribution >= 0.6 is 11.6 Å². The van der Waals surface area contributed by atoms with Crippen molar-refractivity contribution in [3.8, 4) is 17.0 Å². The first-order valence-electron chi connectivity index (χ1n) is 8.16. The summed E-state index contributed by atoms with van der Waals surface area (Å²) in [6.07, 6.45) is 1.60. The number of aromatic nitrogens is 4. The Hall–Kier alpha value is -3.45. The number of hydrogen-bond donors (Lipinski definition) is 1.